The van der Waals surface area contributed by atoms with E-state index >= 15 is 0 Å². The van der Waals surface area contributed by atoms with E-state index in [1.54, 1.807) is 13.3 Å². The molecule has 19 heavy (non-hydrogen) atoms. The van der Waals surface area contributed by atoms with E-state index in [2.05, 4.69) is 15.3 Å². The average Bonchev–Trinajstić information content (AvgIpc) is 2.38. The molecule has 0 aromatic carbocycles. The molecule has 1 aromatic rings. The highest BCUT2D eigenvalue weighted by molar-refractivity contribution is 5.78. The monoisotopic (exact) mass is 266 g/mol. The van der Waals surface area contributed by atoms with Crippen molar-refractivity contribution in [3.8, 4) is 5.88 Å². The summed E-state index contributed by atoms with van der Waals surface area (Å²) in [7, 11) is 1.65. The van der Waals surface area contributed by atoms with Crippen LogP contribution in [0.15, 0.2) is 23.3 Å². The van der Waals surface area contributed by atoms with Gasteiger partial charge in [-0.3, -0.25) is 0 Å². The molecule has 3 N–H and O–H groups in total. The lowest BCUT2D eigenvalue weighted by atomic mass is 10.3. The first kappa shape index (κ1) is 15.2. The van der Waals surface area contributed by atoms with Crippen LogP contribution in [0.5, 0.6) is 5.88 Å². The van der Waals surface area contributed by atoms with Gasteiger partial charge in [0.1, 0.15) is 0 Å². The molecular weight excluding hydrogens is 244 g/mol. The van der Waals surface area contributed by atoms with Crippen LogP contribution in [0.1, 0.15) is 19.4 Å². The summed E-state index contributed by atoms with van der Waals surface area (Å²) in [6.07, 6.45) is 1.69. The summed E-state index contributed by atoms with van der Waals surface area (Å²) in [5.41, 5.74) is 6.71. The molecule has 1 rings (SSSR count). The molecule has 1 aromatic heterocycles. The van der Waals surface area contributed by atoms with Crippen LogP contribution in [-0.4, -0.2) is 37.3 Å². The lowest BCUT2D eigenvalue weighted by Crippen LogP contribution is -2.40. The van der Waals surface area contributed by atoms with Gasteiger partial charge < -0.3 is 20.5 Å². The van der Waals surface area contributed by atoms with E-state index in [9.17, 15) is 0 Å². The number of nitrogens with zero attached hydrogens (tertiary/aromatic N) is 2. The highest BCUT2D eigenvalue weighted by Gasteiger charge is 2.05. The molecule has 0 radical (unpaired) electrons. The normalized spacial score (nSPS) is 13.1. The van der Waals surface area contributed by atoms with Crippen LogP contribution in [0, 0.1) is 0 Å². The van der Waals surface area contributed by atoms with Crippen LogP contribution in [-0.2, 0) is 11.3 Å². The SMILES string of the molecule is CCOc1ncccc1CN=C(N)NC(C)COC. The second-order valence-electron chi connectivity index (χ2n) is 4.10. The van der Waals surface area contributed by atoms with Crippen molar-refractivity contribution in [1.29, 1.82) is 0 Å². The highest BCUT2D eigenvalue weighted by atomic mass is 16.5. The van der Waals surface area contributed by atoms with Crippen LogP contribution in [0.2, 0.25) is 0 Å². The van der Waals surface area contributed by atoms with Gasteiger partial charge in [0.2, 0.25) is 5.88 Å². The summed E-state index contributed by atoms with van der Waals surface area (Å²) in [5.74, 6) is 0.988. The molecule has 0 fully saturated rings. The Hall–Kier alpha value is -1.82. The van der Waals surface area contributed by atoms with Crippen molar-refractivity contribution < 1.29 is 9.47 Å². The predicted molar refractivity (Wildman–Crippen MR) is 75.2 cm³/mol. The summed E-state index contributed by atoms with van der Waals surface area (Å²) < 4.78 is 10.4. The second kappa shape index (κ2) is 8.31. The Kier molecular flexibility index (Phi) is 6.67. The molecule has 0 saturated carbocycles. The zero-order valence-electron chi connectivity index (χ0n) is 11.7. The van der Waals surface area contributed by atoms with E-state index in [0.29, 0.717) is 31.6 Å². The lowest BCUT2D eigenvalue weighted by Gasteiger charge is -2.13. The minimum absolute atomic E-state index is 0.119. The molecule has 0 amide bonds. The van der Waals surface area contributed by atoms with E-state index in [1.807, 2.05) is 26.0 Å². The molecule has 106 valence electrons. The van der Waals surface area contributed by atoms with Crippen LogP contribution in [0.4, 0.5) is 0 Å². The Morgan fingerprint density at radius 1 is 1.58 bits per heavy atom. The molecule has 0 aliphatic heterocycles. The third-order valence-corrected chi connectivity index (χ3v) is 2.36. The quantitative estimate of drug-likeness (QED) is 0.566. The standard InChI is InChI=1S/C13H22N4O2/c1-4-19-12-11(6-5-7-15-12)8-16-13(14)17-10(2)9-18-3/h5-7,10H,4,8-9H2,1-3H3,(H3,14,16,17). The van der Waals surface area contributed by atoms with Crippen molar-refractivity contribution in [2.24, 2.45) is 10.7 Å². The number of pyridine rings is 1. The maximum absolute atomic E-state index is 5.80. The smallest absolute Gasteiger partial charge is 0.218 e. The van der Waals surface area contributed by atoms with Crippen LogP contribution < -0.4 is 15.8 Å². The van der Waals surface area contributed by atoms with Crippen LogP contribution >= 0.6 is 0 Å². The molecule has 0 bridgehead atoms. The van der Waals surface area contributed by atoms with Crippen LogP contribution in [0.25, 0.3) is 0 Å². The number of rotatable bonds is 7. The number of methoxy groups -OCH3 is 1. The minimum Gasteiger partial charge on any atom is -0.478 e. The Morgan fingerprint density at radius 2 is 2.37 bits per heavy atom. The van der Waals surface area contributed by atoms with Crippen molar-refractivity contribution in [2.45, 2.75) is 26.4 Å². The highest BCUT2D eigenvalue weighted by Crippen LogP contribution is 2.14. The van der Waals surface area contributed by atoms with Gasteiger partial charge in [0.15, 0.2) is 5.96 Å². The second-order valence-corrected chi connectivity index (χ2v) is 4.10. The van der Waals surface area contributed by atoms with Gasteiger partial charge in [-0.05, 0) is 19.9 Å². The summed E-state index contributed by atoms with van der Waals surface area (Å²) in [6, 6.07) is 3.90. The third-order valence-electron chi connectivity index (χ3n) is 2.36. The Balaban J connectivity index is 2.59. The molecule has 1 heterocycles. The first-order valence-electron chi connectivity index (χ1n) is 6.29. The number of nitrogens with two attached hydrogens (primary N) is 1. The largest absolute Gasteiger partial charge is 0.478 e. The average molecular weight is 266 g/mol. The number of ether oxygens (including phenoxy) is 2. The first-order chi connectivity index (χ1) is 9.17. The summed E-state index contributed by atoms with van der Waals surface area (Å²) in [4.78, 5) is 8.43. The van der Waals surface area contributed by atoms with E-state index < -0.39 is 0 Å². The van der Waals surface area contributed by atoms with E-state index in [1.165, 1.54) is 0 Å². The number of hydrogen-bond donors (Lipinski definition) is 2. The fraction of sp³-hybridized carbons (Fsp3) is 0.538. The molecular formula is C13H22N4O2. The number of hydrogen-bond acceptors (Lipinski definition) is 4. The Morgan fingerprint density at radius 3 is 3.05 bits per heavy atom. The zero-order chi connectivity index (χ0) is 14.1. The maximum Gasteiger partial charge on any atom is 0.218 e. The molecule has 1 atom stereocenters. The number of guanidine groups is 1. The van der Waals surface area contributed by atoms with Crippen molar-refractivity contribution in [2.75, 3.05) is 20.3 Å². The fourth-order valence-corrected chi connectivity index (χ4v) is 1.57. The number of nitrogens with one attached hydrogen (secondary N) is 1. The first-order valence-corrected chi connectivity index (χ1v) is 6.29. The molecule has 0 spiro atoms. The van der Waals surface area contributed by atoms with Crippen molar-refractivity contribution in [3.05, 3.63) is 23.9 Å². The lowest BCUT2D eigenvalue weighted by molar-refractivity contribution is 0.179. The van der Waals surface area contributed by atoms with E-state index in [-0.39, 0.29) is 6.04 Å². The van der Waals surface area contributed by atoms with Crippen molar-refractivity contribution in [3.63, 3.8) is 0 Å². The molecule has 6 heteroatoms. The Bertz CT molecular complexity index is 409. The van der Waals surface area contributed by atoms with Gasteiger partial charge in [0.05, 0.1) is 19.8 Å². The van der Waals surface area contributed by atoms with E-state index in [0.717, 1.165) is 5.56 Å². The molecule has 6 nitrogen and oxygen atoms in total. The van der Waals surface area contributed by atoms with Crippen molar-refractivity contribution >= 4 is 5.96 Å². The Labute approximate surface area is 114 Å². The summed E-state index contributed by atoms with van der Waals surface area (Å²) in [5, 5.41) is 3.04. The fourth-order valence-electron chi connectivity index (χ4n) is 1.57. The number of aromatic nitrogens is 1. The van der Waals surface area contributed by atoms with Gasteiger partial charge in [0.25, 0.3) is 0 Å². The molecule has 0 saturated heterocycles. The molecule has 0 aliphatic rings. The third kappa shape index (κ3) is 5.56. The van der Waals surface area contributed by atoms with Crippen molar-refractivity contribution in [1.82, 2.24) is 10.3 Å². The minimum atomic E-state index is 0.119. The van der Waals surface area contributed by atoms with Gasteiger partial charge in [-0.1, -0.05) is 6.07 Å². The van der Waals surface area contributed by atoms with Gasteiger partial charge >= 0.3 is 0 Å². The van der Waals surface area contributed by atoms with E-state index in [4.69, 9.17) is 15.2 Å². The summed E-state index contributed by atoms with van der Waals surface area (Å²) >= 11 is 0. The van der Waals surface area contributed by atoms with Gasteiger partial charge in [0, 0.05) is 24.9 Å². The van der Waals surface area contributed by atoms with Gasteiger partial charge in [-0.25, -0.2) is 9.98 Å². The number of aliphatic imine (C=N–C) groups is 1. The van der Waals surface area contributed by atoms with Crippen LogP contribution in [0.3, 0.4) is 0 Å². The zero-order valence-corrected chi connectivity index (χ0v) is 11.7. The van der Waals surface area contributed by atoms with Gasteiger partial charge in [-0.15, -0.1) is 0 Å². The summed E-state index contributed by atoms with van der Waals surface area (Å²) in [6.45, 7) is 5.48. The molecule has 0 aliphatic carbocycles. The topological polar surface area (TPSA) is 81.8 Å². The molecule has 1 unspecified atom stereocenters. The maximum atomic E-state index is 5.80. The predicted octanol–water partition coefficient (Wildman–Crippen LogP) is 0.920. The van der Waals surface area contributed by atoms with Gasteiger partial charge in [-0.2, -0.15) is 0 Å².